The molecule has 0 aliphatic heterocycles. The molecule has 0 aliphatic carbocycles. The van der Waals surface area contributed by atoms with Crippen molar-refractivity contribution >= 4 is 11.7 Å². The minimum Gasteiger partial charge on any atom is -0.362 e. The van der Waals surface area contributed by atoms with Crippen LogP contribution in [-0.4, -0.2) is 49.0 Å². The second kappa shape index (κ2) is 5.69. The zero-order valence-corrected chi connectivity index (χ0v) is 12.2. The Morgan fingerprint density at radius 3 is 2.45 bits per heavy atom. The molecule has 0 saturated carbocycles. The summed E-state index contributed by atoms with van der Waals surface area (Å²) in [7, 11) is 7.29. The number of nitrogens with zero attached hydrogens (tertiary/aromatic N) is 4. The fourth-order valence-corrected chi connectivity index (χ4v) is 1.89. The van der Waals surface area contributed by atoms with Crippen molar-refractivity contribution in [3.8, 4) is 11.3 Å². The molecule has 104 valence electrons. The Morgan fingerprint density at radius 1 is 1.05 bits per heavy atom. The van der Waals surface area contributed by atoms with Crippen LogP contribution in [0.4, 0.5) is 5.82 Å². The predicted octanol–water partition coefficient (Wildman–Crippen LogP) is 1.91. The van der Waals surface area contributed by atoms with E-state index >= 15 is 0 Å². The molecule has 2 aromatic heterocycles. The minimum atomic E-state index is -0.109. The first-order valence-corrected chi connectivity index (χ1v) is 6.32. The van der Waals surface area contributed by atoms with Crippen LogP contribution in [0.25, 0.3) is 11.3 Å². The number of pyridine rings is 2. The Hall–Kier alpha value is -2.43. The number of hydrogen-bond donors (Lipinski definition) is 0. The van der Waals surface area contributed by atoms with E-state index in [4.69, 9.17) is 0 Å². The molecule has 2 heterocycles. The summed E-state index contributed by atoms with van der Waals surface area (Å²) in [6.45, 7) is 0. The number of carbonyl (C=O) groups is 1. The van der Waals surface area contributed by atoms with E-state index in [2.05, 4.69) is 9.97 Å². The molecule has 0 saturated heterocycles. The molecule has 0 bridgehead atoms. The highest BCUT2D eigenvalue weighted by Gasteiger charge is 2.13. The maximum Gasteiger partial charge on any atom is 0.271 e. The molecule has 5 heteroatoms. The van der Waals surface area contributed by atoms with Crippen LogP contribution in [-0.2, 0) is 0 Å². The Morgan fingerprint density at radius 2 is 1.80 bits per heavy atom. The molecule has 5 nitrogen and oxygen atoms in total. The SMILES string of the molecule is CN(C)C(=O)c1cccc(-c2cccnc2N(C)C)n1. The monoisotopic (exact) mass is 270 g/mol. The third kappa shape index (κ3) is 2.77. The third-order valence-electron chi connectivity index (χ3n) is 2.86. The molecule has 0 radical (unpaired) electrons. The maximum absolute atomic E-state index is 12.0. The summed E-state index contributed by atoms with van der Waals surface area (Å²) in [5.41, 5.74) is 2.08. The first kappa shape index (κ1) is 14.0. The van der Waals surface area contributed by atoms with Crippen molar-refractivity contribution in [1.82, 2.24) is 14.9 Å². The highest BCUT2D eigenvalue weighted by atomic mass is 16.2. The summed E-state index contributed by atoms with van der Waals surface area (Å²) >= 11 is 0. The van der Waals surface area contributed by atoms with Crippen LogP contribution in [0.15, 0.2) is 36.5 Å². The first-order valence-electron chi connectivity index (χ1n) is 6.32. The molecular formula is C15H18N4O. The average molecular weight is 270 g/mol. The maximum atomic E-state index is 12.0. The average Bonchev–Trinajstić information content (AvgIpc) is 2.46. The predicted molar refractivity (Wildman–Crippen MR) is 79.8 cm³/mol. The van der Waals surface area contributed by atoms with E-state index in [-0.39, 0.29) is 5.91 Å². The van der Waals surface area contributed by atoms with Gasteiger partial charge in [0.25, 0.3) is 5.91 Å². The van der Waals surface area contributed by atoms with Crippen LogP contribution in [0.1, 0.15) is 10.5 Å². The van der Waals surface area contributed by atoms with Crippen molar-refractivity contribution in [3.63, 3.8) is 0 Å². The summed E-state index contributed by atoms with van der Waals surface area (Å²) in [4.78, 5) is 24.2. The number of carbonyl (C=O) groups excluding carboxylic acids is 1. The fraction of sp³-hybridized carbons (Fsp3) is 0.267. The van der Waals surface area contributed by atoms with E-state index in [9.17, 15) is 4.79 Å². The van der Waals surface area contributed by atoms with E-state index in [1.165, 1.54) is 4.90 Å². The van der Waals surface area contributed by atoms with Gasteiger partial charge in [-0.2, -0.15) is 0 Å². The highest BCUT2D eigenvalue weighted by molar-refractivity contribution is 5.92. The van der Waals surface area contributed by atoms with E-state index in [1.807, 2.05) is 43.3 Å². The van der Waals surface area contributed by atoms with Gasteiger partial charge in [0.15, 0.2) is 0 Å². The number of amides is 1. The molecule has 0 atom stereocenters. The lowest BCUT2D eigenvalue weighted by Gasteiger charge is -2.16. The standard InChI is InChI=1S/C15H18N4O/c1-18(2)14-11(7-6-10-16-14)12-8-5-9-13(17-12)15(20)19(3)4/h5-10H,1-4H3. The lowest BCUT2D eigenvalue weighted by atomic mass is 10.1. The lowest BCUT2D eigenvalue weighted by Crippen LogP contribution is -2.22. The molecule has 0 aliphatic rings. The van der Waals surface area contributed by atoms with Crippen molar-refractivity contribution in [2.75, 3.05) is 33.1 Å². The van der Waals surface area contributed by atoms with E-state index < -0.39 is 0 Å². The van der Waals surface area contributed by atoms with Crippen LogP contribution < -0.4 is 4.90 Å². The Kier molecular flexibility index (Phi) is 3.98. The van der Waals surface area contributed by atoms with Crippen molar-refractivity contribution < 1.29 is 4.79 Å². The topological polar surface area (TPSA) is 49.3 Å². The van der Waals surface area contributed by atoms with Crippen molar-refractivity contribution in [1.29, 1.82) is 0 Å². The number of rotatable bonds is 3. The molecule has 0 unspecified atom stereocenters. The van der Waals surface area contributed by atoms with E-state index in [0.717, 1.165) is 17.1 Å². The van der Waals surface area contributed by atoms with Gasteiger partial charge < -0.3 is 9.80 Å². The minimum absolute atomic E-state index is 0.109. The van der Waals surface area contributed by atoms with Gasteiger partial charge in [-0.1, -0.05) is 6.07 Å². The molecule has 0 fully saturated rings. The van der Waals surface area contributed by atoms with Gasteiger partial charge in [-0.15, -0.1) is 0 Å². The summed E-state index contributed by atoms with van der Waals surface area (Å²) in [6.07, 6.45) is 1.74. The summed E-state index contributed by atoms with van der Waals surface area (Å²) in [5, 5.41) is 0. The second-order valence-electron chi connectivity index (χ2n) is 4.88. The van der Waals surface area contributed by atoms with Crippen LogP contribution in [0.3, 0.4) is 0 Å². The van der Waals surface area contributed by atoms with Crippen LogP contribution in [0.2, 0.25) is 0 Å². The number of anilines is 1. The molecule has 0 spiro atoms. The number of hydrogen-bond acceptors (Lipinski definition) is 4. The van der Waals surface area contributed by atoms with Gasteiger partial charge in [0.2, 0.25) is 0 Å². The van der Waals surface area contributed by atoms with Crippen molar-refractivity contribution in [3.05, 3.63) is 42.2 Å². The van der Waals surface area contributed by atoms with Gasteiger partial charge in [0.1, 0.15) is 11.5 Å². The van der Waals surface area contributed by atoms with Crippen LogP contribution in [0.5, 0.6) is 0 Å². The molecule has 1 amide bonds. The molecule has 2 rings (SSSR count). The second-order valence-corrected chi connectivity index (χ2v) is 4.88. The summed E-state index contributed by atoms with van der Waals surface area (Å²) in [6, 6.07) is 9.26. The smallest absolute Gasteiger partial charge is 0.271 e. The van der Waals surface area contributed by atoms with Gasteiger partial charge in [-0.3, -0.25) is 4.79 Å². The quantitative estimate of drug-likeness (QED) is 0.855. The lowest BCUT2D eigenvalue weighted by molar-refractivity contribution is 0.0822. The largest absolute Gasteiger partial charge is 0.362 e. The summed E-state index contributed by atoms with van der Waals surface area (Å²) < 4.78 is 0. The molecule has 0 N–H and O–H groups in total. The highest BCUT2D eigenvalue weighted by Crippen LogP contribution is 2.26. The Bertz CT molecular complexity index is 623. The van der Waals surface area contributed by atoms with E-state index in [1.54, 1.807) is 26.4 Å². The Balaban J connectivity index is 2.49. The molecule has 20 heavy (non-hydrogen) atoms. The van der Waals surface area contributed by atoms with E-state index in [0.29, 0.717) is 5.69 Å². The van der Waals surface area contributed by atoms with Crippen molar-refractivity contribution in [2.24, 2.45) is 0 Å². The first-order chi connectivity index (χ1) is 9.50. The zero-order chi connectivity index (χ0) is 14.7. The Labute approximate surface area is 118 Å². The normalized spacial score (nSPS) is 10.2. The summed E-state index contributed by atoms with van der Waals surface area (Å²) in [5.74, 6) is 0.719. The molecular weight excluding hydrogens is 252 g/mol. The molecule has 2 aromatic rings. The van der Waals surface area contributed by atoms with Crippen molar-refractivity contribution in [2.45, 2.75) is 0 Å². The van der Waals surface area contributed by atoms with Crippen LogP contribution in [0, 0.1) is 0 Å². The fourth-order valence-electron chi connectivity index (χ4n) is 1.89. The zero-order valence-electron chi connectivity index (χ0n) is 12.2. The number of aromatic nitrogens is 2. The van der Waals surface area contributed by atoms with Crippen LogP contribution >= 0.6 is 0 Å². The van der Waals surface area contributed by atoms with Gasteiger partial charge in [-0.25, -0.2) is 9.97 Å². The van der Waals surface area contributed by atoms with Gasteiger partial charge in [-0.05, 0) is 24.3 Å². The van der Waals surface area contributed by atoms with Gasteiger partial charge in [0, 0.05) is 40.0 Å². The third-order valence-corrected chi connectivity index (χ3v) is 2.86. The van der Waals surface area contributed by atoms with Gasteiger partial charge >= 0.3 is 0 Å². The van der Waals surface area contributed by atoms with Gasteiger partial charge in [0.05, 0.1) is 5.69 Å². The molecule has 0 aromatic carbocycles.